The Labute approximate surface area is 98.6 Å². The normalized spacial score (nSPS) is 10.4. The molecule has 0 N–H and O–H groups in total. The zero-order chi connectivity index (χ0) is 11.8. The van der Waals surface area contributed by atoms with Crippen LogP contribution in [-0.4, -0.2) is 32.2 Å². The van der Waals surface area contributed by atoms with Gasteiger partial charge in [-0.3, -0.25) is 0 Å². The first-order valence-electron chi connectivity index (χ1n) is 4.62. The number of carbonyl (C=O) groups excluding carboxylic acids is 1. The number of thioether (sulfide) groups is 1. The molecule has 1 rings (SSSR count). The Kier molecular flexibility index (Phi) is 5.42. The molecule has 0 amide bonds. The monoisotopic (exact) mass is 239 g/mol. The van der Waals surface area contributed by atoms with Crippen molar-refractivity contribution in [1.82, 2.24) is 0 Å². The molecule has 1 aromatic carbocycles. The fourth-order valence-electron chi connectivity index (χ4n) is 0.937. The molecule has 0 aromatic heterocycles. The van der Waals surface area contributed by atoms with Gasteiger partial charge < -0.3 is 9.57 Å². The number of oxime groups is 1. The van der Waals surface area contributed by atoms with Gasteiger partial charge >= 0.3 is 5.97 Å². The number of benzene rings is 1. The largest absolute Gasteiger partial charge is 0.466 e. The fourth-order valence-corrected chi connectivity index (χ4v) is 1.35. The van der Waals surface area contributed by atoms with Crippen LogP contribution in [-0.2, 0) is 14.4 Å². The van der Waals surface area contributed by atoms with Gasteiger partial charge in [-0.2, -0.15) is 0 Å². The molecule has 0 aliphatic rings. The summed E-state index contributed by atoms with van der Waals surface area (Å²) in [6.45, 7) is -0.171. The van der Waals surface area contributed by atoms with E-state index in [2.05, 4.69) is 9.89 Å². The van der Waals surface area contributed by atoms with Crippen LogP contribution < -0.4 is 0 Å². The maximum atomic E-state index is 10.7. The lowest BCUT2D eigenvalue weighted by Gasteiger charge is -1.98. The van der Waals surface area contributed by atoms with Crippen molar-refractivity contribution in [2.45, 2.75) is 4.90 Å². The van der Waals surface area contributed by atoms with E-state index in [0.29, 0.717) is 0 Å². The predicted octanol–water partition coefficient (Wildman–Crippen LogP) is 1.93. The third-order valence-electron chi connectivity index (χ3n) is 1.80. The van der Waals surface area contributed by atoms with Crippen LogP contribution in [0.3, 0.4) is 0 Å². The lowest BCUT2D eigenvalue weighted by Crippen LogP contribution is -2.07. The van der Waals surface area contributed by atoms with Crippen molar-refractivity contribution in [3.05, 3.63) is 29.8 Å². The van der Waals surface area contributed by atoms with E-state index in [-0.39, 0.29) is 6.61 Å². The maximum absolute atomic E-state index is 10.7. The minimum atomic E-state index is -0.449. The Hall–Kier alpha value is -1.49. The molecule has 1 aromatic rings. The molecule has 0 unspecified atom stereocenters. The van der Waals surface area contributed by atoms with Crippen LogP contribution in [0.4, 0.5) is 0 Å². The second kappa shape index (κ2) is 6.90. The van der Waals surface area contributed by atoms with Gasteiger partial charge in [-0.1, -0.05) is 17.3 Å². The van der Waals surface area contributed by atoms with Crippen molar-refractivity contribution in [3.8, 4) is 0 Å². The number of nitrogens with zero attached hydrogens (tertiary/aromatic N) is 1. The molecule has 0 bridgehead atoms. The summed E-state index contributed by atoms with van der Waals surface area (Å²) in [6.07, 6.45) is 3.57. The first kappa shape index (κ1) is 12.6. The van der Waals surface area contributed by atoms with Gasteiger partial charge in [0.05, 0.1) is 13.3 Å². The van der Waals surface area contributed by atoms with E-state index in [9.17, 15) is 4.79 Å². The zero-order valence-corrected chi connectivity index (χ0v) is 9.99. The van der Waals surface area contributed by atoms with E-state index >= 15 is 0 Å². The Balaban J connectivity index is 2.40. The number of esters is 1. The SMILES string of the molecule is COC(=O)CO/N=C/c1ccc(SC)cc1. The molecule has 5 heteroatoms. The molecule has 0 spiro atoms. The molecular formula is C11H13NO3S. The average molecular weight is 239 g/mol. The Bertz CT molecular complexity index is 362. The van der Waals surface area contributed by atoms with Crippen molar-refractivity contribution >= 4 is 23.9 Å². The van der Waals surface area contributed by atoms with E-state index in [1.54, 1.807) is 18.0 Å². The highest BCUT2D eigenvalue weighted by atomic mass is 32.2. The topological polar surface area (TPSA) is 47.9 Å². The van der Waals surface area contributed by atoms with E-state index in [1.165, 1.54) is 12.0 Å². The lowest BCUT2D eigenvalue weighted by molar-refractivity contribution is -0.145. The molecule has 16 heavy (non-hydrogen) atoms. The first-order valence-corrected chi connectivity index (χ1v) is 5.85. The average Bonchev–Trinajstić information content (AvgIpc) is 2.35. The summed E-state index contributed by atoms with van der Waals surface area (Å²) in [4.78, 5) is 16.6. The second-order valence-corrected chi connectivity index (χ2v) is 3.74. The molecule has 0 fully saturated rings. The summed E-state index contributed by atoms with van der Waals surface area (Å²) in [5.74, 6) is -0.449. The van der Waals surface area contributed by atoms with Gasteiger partial charge in [0.15, 0.2) is 0 Å². The van der Waals surface area contributed by atoms with Gasteiger partial charge in [0.25, 0.3) is 0 Å². The molecule has 0 radical (unpaired) electrons. The smallest absolute Gasteiger partial charge is 0.346 e. The molecule has 0 heterocycles. The first-order chi connectivity index (χ1) is 7.76. The third kappa shape index (κ3) is 4.35. The number of ether oxygens (including phenoxy) is 1. The molecule has 4 nitrogen and oxygen atoms in total. The third-order valence-corrected chi connectivity index (χ3v) is 2.55. The number of carbonyl (C=O) groups is 1. The van der Waals surface area contributed by atoms with Crippen LogP contribution in [0.1, 0.15) is 5.56 Å². The molecule has 86 valence electrons. The van der Waals surface area contributed by atoms with Crippen molar-refractivity contribution in [2.24, 2.45) is 5.16 Å². The fraction of sp³-hybridized carbons (Fsp3) is 0.273. The summed E-state index contributed by atoms with van der Waals surface area (Å²) >= 11 is 1.68. The molecular weight excluding hydrogens is 226 g/mol. The van der Waals surface area contributed by atoms with Crippen molar-refractivity contribution in [1.29, 1.82) is 0 Å². The lowest BCUT2D eigenvalue weighted by atomic mass is 10.2. The van der Waals surface area contributed by atoms with Crippen LogP contribution in [0.5, 0.6) is 0 Å². The van der Waals surface area contributed by atoms with Gasteiger partial charge in [0.2, 0.25) is 6.61 Å². The van der Waals surface area contributed by atoms with Crippen LogP contribution in [0.15, 0.2) is 34.3 Å². The Morgan fingerprint density at radius 1 is 1.44 bits per heavy atom. The predicted molar refractivity (Wildman–Crippen MR) is 63.8 cm³/mol. The van der Waals surface area contributed by atoms with E-state index < -0.39 is 5.97 Å². The number of methoxy groups -OCH3 is 1. The van der Waals surface area contributed by atoms with Crippen LogP contribution in [0.2, 0.25) is 0 Å². The maximum Gasteiger partial charge on any atom is 0.346 e. The molecule has 0 saturated heterocycles. The molecule has 0 atom stereocenters. The second-order valence-electron chi connectivity index (χ2n) is 2.86. The van der Waals surface area contributed by atoms with Gasteiger partial charge in [-0.25, -0.2) is 4.79 Å². The standard InChI is InChI=1S/C11H13NO3S/c1-14-11(13)8-15-12-7-9-3-5-10(16-2)6-4-9/h3-7H,8H2,1-2H3/b12-7+. The summed E-state index contributed by atoms with van der Waals surface area (Å²) in [5, 5.41) is 3.65. The highest BCUT2D eigenvalue weighted by molar-refractivity contribution is 7.98. The van der Waals surface area contributed by atoms with E-state index in [1.807, 2.05) is 30.5 Å². The number of hydrogen-bond donors (Lipinski definition) is 0. The minimum absolute atomic E-state index is 0.171. The Morgan fingerprint density at radius 2 is 2.12 bits per heavy atom. The van der Waals surface area contributed by atoms with Gasteiger partial charge in [0.1, 0.15) is 0 Å². The van der Waals surface area contributed by atoms with E-state index in [0.717, 1.165) is 5.56 Å². The van der Waals surface area contributed by atoms with Crippen molar-refractivity contribution in [2.75, 3.05) is 20.0 Å². The van der Waals surface area contributed by atoms with E-state index in [4.69, 9.17) is 4.84 Å². The highest BCUT2D eigenvalue weighted by Crippen LogP contribution is 2.13. The zero-order valence-electron chi connectivity index (χ0n) is 9.17. The minimum Gasteiger partial charge on any atom is -0.466 e. The van der Waals surface area contributed by atoms with Gasteiger partial charge in [-0.15, -0.1) is 11.8 Å². The Morgan fingerprint density at radius 3 is 2.69 bits per heavy atom. The van der Waals surface area contributed by atoms with Crippen LogP contribution in [0, 0.1) is 0 Å². The number of hydrogen-bond acceptors (Lipinski definition) is 5. The van der Waals surface area contributed by atoms with Crippen LogP contribution in [0.25, 0.3) is 0 Å². The molecule has 0 aliphatic carbocycles. The van der Waals surface area contributed by atoms with Crippen LogP contribution >= 0.6 is 11.8 Å². The van der Waals surface area contributed by atoms with Gasteiger partial charge in [0, 0.05) is 4.90 Å². The van der Waals surface area contributed by atoms with Crippen molar-refractivity contribution in [3.63, 3.8) is 0 Å². The van der Waals surface area contributed by atoms with Gasteiger partial charge in [-0.05, 0) is 24.0 Å². The summed E-state index contributed by atoms with van der Waals surface area (Å²) in [6, 6.07) is 7.84. The molecule has 0 aliphatic heterocycles. The summed E-state index contributed by atoms with van der Waals surface area (Å²) < 4.78 is 4.39. The quantitative estimate of drug-likeness (QED) is 0.341. The molecule has 0 saturated carbocycles. The van der Waals surface area contributed by atoms with Crippen molar-refractivity contribution < 1.29 is 14.4 Å². The summed E-state index contributed by atoms with van der Waals surface area (Å²) in [5.41, 5.74) is 0.919. The summed E-state index contributed by atoms with van der Waals surface area (Å²) in [7, 11) is 1.30. The highest BCUT2D eigenvalue weighted by Gasteiger charge is 1.97. The number of rotatable bonds is 5.